The van der Waals surface area contributed by atoms with Crippen molar-refractivity contribution in [2.45, 2.75) is 50.9 Å². The summed E-state index contributed by atoms with van der Waals surface area (Å²) >= 11 is 5.76. The molecule has 0 aliphatic carbocycles. The summed E-state index contributed by atoms with van der Waals surface area (Å²) in [6.07, 6.45) is 4.03. The Morgan fingerprint density at radius 2 is 2.08 bits per heavy atom. The number of carbonyl (C=O) groups excluding carboxylic acids is 2. The lowest BCUT2D eigenvalue weighted by molar-refractivity contribution is -0.147. The number of aromatic nitrogens is 1. The van der Waals surface area contributed by atoms with Crippen molar-refractivity contribution in [2.24, 2.45) is 0 Å². The van der Waals surface area contributed by atoms with Gasteiger partial charge in [0.25, 0.3) is 5.91 Å². The second kappa shape index (κ2) is 6.33. The number of pyridine rings is 1. The lowest BCUT2D eigenvalue weighted by Crippen LogP contribution is -2.53. The van der Waals surface area contributed by atoms with E-state index in [-0.39, 0.29) is 11.8 Å². The topological polar surface area (TPSA) is 71.5 Å². The van der Waals surface area contributed by atoms with Crippen LogP contribution in [0.1, 0.15) is 38.7 Å². The number of hydrogen-bond acceptors (Lipinski definition) is 4. The smallest absolute Gasteiger partial charge is 0.253 e. The minimum absolute atomic E-state index is 0.0856. The van der Waals surface area contributed by atoms with Gasteiger partial charge in [-0.05, 0) is 31.9 Å². The molecule has 2 saturated heterocycles. The molecule has 24 heavy (non-hydrogen) atoms. The molecule has 2 fully saturated rings. The highest BCUT2D eigenvalue weighted by atomic mass is 35.5. The number of hydrogen-bond donors (Lipinski definition) is 1. The van der Waals surface area contributed by atoms with E-state index in [2.05, 4.69) is 10.3 Å². The molecular weight excluding hydrogens is 330 g/mol. The van der Waals surface area contributed by atoms with Crippen LogP contribution in [-0.4, -0.2) is 46.1 Å². The molecule has 6 nitrogen and oxygen atoms in total. The monoisotopic (exact) mass is 351 g/mol. The molecule has 130 valence electrons. The van der Waals surface area contributed by atoms with Crippen LogP contribution >= 0.6 is 11.6 Å². The van der Waals surface area contributed by atoms with Gasteiger partial charge >= 0.3 is 0 Å². The first-order valence-corrected chi connectivity index (χ1v) is 8.58. The van der Waals surface area contributed by atoms with Gasteiger partial charge in [-0.3, -0.25) is 9.59 Å². The molecule has 0 unspecified atom stereocenters. The van der Waals surface area contributed by atoms with Gasteiger partial charge in [-0.1, -0.05) is 17.7 Å². The quantitative estimate of drug-likeness (QED) is 0.844. The normalized spacial score (nSPS) is 21.8. The summed E-state index contributed by atoms with van der Waals surface area (Å²) < 4.78 is 5.94. The van der Waals surface area contributed by atoms with Gasteiger partial charge in [0.1, 0.15) is 16.5 Å². The second-order valence-electron chi connectivity index (χ2n) is 6.93. The summed E-state index contributed by atoms with van der Waals surface area (Å²) in [5.74, 6) is 0.0286. The zero-order valence-corrected chi connectivity index (χ0v) is 14.7. The van der Waals surface area contributed by atoms with Gasteiger partial charge in [-0.15, -0.1) is 0 Å². The second-order valence-corrected chi connectivity index (χ2v) is 7.32. The number of ether oxygens (including phenoxy) is 1. The van der Waals surface area contributed by atoms with E-state index in [1.54, 1.807) is 26.1 Å². The van der Waals surface area contributed by atoms with Gasteiger partial charge in [0.15, 0.2) is 0 Å². The lowest BCUT2D eigenvalue weighted by atomic mass is 10.00. The standard InChI is InChI=1S/C17H22ClN3O3/c1-16(2)15(23)20-17(24-16)7-9-21(10-8-17)14(22)6-4-12-3-5-13(18)19-11-12/h3,5,11H,4,6-10H2,1-2H3,(H,20,23). The Morgan fingerprint density at radius 1 is 1.38 bits per heavy atom. The van der Waals surface area contributed by atoms with E-state index in [0.717, 1.165) is 5.56 Å². The summed E-state index contributed by atoms with van der Waals surface area (Å²) in [7, 11) is 0. The van der Waals surface area contributed by atoms with Crippen LogP contribution in [0.2, 0.25) is 5.15 Å². The predicted octanol–water partition coefficient (Wildman–Crippen LogP) is 1.91. The molecule has 0 saturated carbocycles. The molecule has 1 N–H and O–H groups in total. The highest BCUT2D eigenvalue weighted by molar-refractivity contribution is 6.29. The molecule has 0 bridgehead atoms. The van der Waals surface area contributed by atoms with E-state index < -0.39 is 11.3 Å². The Balaban J connectivity index is 1.50. The Bertz CT molecular complexity index is 637. The molecule has 2 aliphatic rings. The van der Waals surface area contributed by atoms with Crippen LogP contribution in [0.3, 0.4) is 0 Å². The molecule has 7 heteroatoms. The lowest BCUT2D eigenvalue weighted by Gasteiger charge is -2.39. The zero-order valence-electron chi connectivity index (χ0n) is 14.0. The van der Waals surface area contributed by atoms with Gasteiger partial charge < -0.3 is 15.0 Å². The number of nitrogens with zero attached hydrogens (tertiary/aromatic N) is 2. The van der Waals surface area contributed by atoms with Crippen LogP contribution in [0.15, 0.2) is 18.3 Å². The molecule has 1 aromatic heterocycles. The van der Waals surface area contributed by atoms with Gasteiger partial charge in [0, 0.05) is 38.5 Å². The number of nitrogens with one attached hydrogen (secondary N) is 1. The predicted molar refractivity (Wildman–Crippen MR) is 89.4 cm³/mol. The summed E-state index contributed by atoms with van der Waals surface area (Å²) in [5, 5.41) is 3.41. The van der Waals surface area contributed by atoms with E-state index in [0.29, 0.717) is 43.9 Å². The maximum Gasteiger partial charge on any atom is 0.253 e. The summed E-state index contributed by atoms with van der Waals surface area (Å²) in [4.78, 5) is 30.2. The van der Waals surface area contributed by atoms with Crippen molar-refractivity contribution >= 4 is 23.4 Å². The van der Waals surface area contributed by atoms with E-state index in [4.69, 9.17) is 16.3 Å². The molecule has 0 radical (unpaired) electrons. The van der Waals surface area contributed by atoms with Crippen LogP contribution in [-0.2, 0) is 20.7 Å². The molecule has 3 heterocycles. The van der Waals surface area contributed by atoms with Crippen molar-refractivity contribution in [3.8, 4) is 0 Å². The third-order valence-electron chi connectivity index (χ3n) is 4.68. The van der Waals surface area contributed by atoms with Crippen LogP contribution in [0, 0.1) is 0 Å². The fourth-order valence-electron chi connectivity index (χ4n) is 3.23. The van der Waals surface area contributed by atoms with Crippen LogP contribution in [0.25, 0.3) is 0 Å². The number of carbonyl (C=O) groups is 2. The average molecular weight is 352 g/mol. The Hall–Kier alpha value is -1.66. The Kier molecular flexibility index (Phi) is 4.53. The molecule has 0 aromatic carbocycles. The first kappa shape index (κ1) is 17.2. The van der Waals surface area contributed by atoms with E-state index in [9.17, 15) is 9.59 Å². The average Bonchev–Trinajstić information content (AvgIpc) is 2.76. The van der Waals surface area contributed by atoms with Gasteiger partial charge in [-0.25, -0.2) is 4.98 Å². The van der Waals surface area contributed by atoms with Crippen LogP contribution in [0.4, 0.5) is 0 Å². The molecule has 2 aliphatic heterocycles. The molecule has 2 amide bonds. The van der Waals surface area contributed by atoms with Crippen molar-refractivity contribution < 1.29 is 14.3 Å². The molecule has 1 aromatic rings. The fourth-order valence-corrected chi connectivity index (χ4v) is 3.34. The number of likely N-dealkylation sites (tertiary alicyclic amines) is 1. The van der Waals surface area contributed by atoms with Gasteiger partial charge in [0.05, 0.1) is 0 Å². The first-order valence-electron chi connectivity index (χ1n) is 8.21. The summed E-state index contributed by atoms with van der Waals surface area (Å²) in [6, 6.07) is 3.62. The van der Waals surface area contributed by atoms with Crippen molar-refractivity contribution in [3.05, 3.63) is 29.0 Å². The highest BCUT2D eigenvalue weighted by Gasteiger charge is 2.51. The third-order valence-corrected chi connectivity index (χ3v) is 4.90. The minimum atomic E-state index is -0.798. The van der Waals surface area contributed by atoms with E-state index in [1.165, 1.54) is 0 Å². The van der Waals surface area contributed by atoms with E-state index >= 15 is 0 Å². The summed E-state index contributed by atoms with van der Waals surface area (Å²) in [5.41, 5.74) is -0.417. The molecule has 1 spiro atoms. The largest absolute Gasteiger partial charge is 0.342 e. The van der Waals surface area contributed by atoms with Crippen LogP contribution < -0.4 is 5.32 Å². The zero-order chi connectivity index (χ0) is 17.4. The molecule has 3 rings (SSSR count). The number of rotatable bonds is 3. The van der Waals surface area contributed by atoms with Crippen molar-refractivity contribution in [1.82, 2.24) is 15.2 Å². The third kappa shape index (κ3) is 3.54. The van der Waals surface area contributed by atoms with Crippen molar-refractivity contribution in [2.75, 3.05) is 13.1 Å². The first-order chi connectivity index (χ1) is 11.3. The number of amides is 2. The highest BCUT2D eigenvalue weighted by Crippen LogP contribution is 2.34. The van der Waals surface area contributed by atoms with Crippen molar-refractivity contribution in [3.63, 3.8) is 0 Å². The number of aryl methyl sites for hydroxylation is 1. The summed E-state index contributed by atoms with van der Waals surface area (Å²) in [6.45, 7) is 4.73. The minimum Gasteiger partial charge on any atom is -0.342 e. The van der Waals surface area contributed by atoms with Crippen molar-refractivity contribution in [1.29, 1.82) is 0 Å². The van der Waals surface area contributed by atoms with Gasteiger partial charge in [-0.2, -0.15) is 0 Å². The molecule has 0 atom stereocenters. The van der Waals surface area contributed by atoms with E-state index in [1.807, 2.05) is 11.0 Å². The SMILES string of the molecule is CC1(C)OC2(CCN(C(=O)CCc3ccc(Cl)nc3)CC2)NC1=O. The Labute approximate surface area is 146 Å². The fraction of sp³-hybridized carbons (Fsp3) is 0.588. The Morgan fingerprint density at radius 3 is 2.62 bits per heavy atom. The maximum atomic E-state index is 12.4. The van der Waals surface area contributed by atoms with Crippen LogP contribution in [0.5, 0.6) is 0 Å². The number of piperidine rings is 1. The molecular formula is C17H22ClN3O3. The van der Waals surface area contributed by atoms with Gasteiger partial charge in [0.2, 0.25) is 5.91 Å². The maximum absolute atomic E-state index is 12.4. The number of halogens is 1.